The Labute approximate surface area is 160 Å². The molecule has 2 aromatic carbocycles. The number of rotatable bonds is 4. The van der Waals surface area contributed by atoms with Gasteiger partial charge in [-0.1, -0.05) is 53.5 Å². The summed E-state index contributed by atoms with van der Waals surface area (Å²) in [5.41, 5.74) is 2.79. The Morgan fingerprint density at radius 1 is 1.08 bits per heavy atom. The van der Waals surface area contributed by atoms with Crippen LogP contribution in [0.4, 0.5) is 0 Å². The van der Waals surface area contributed by atoms with Gasteiger partial charge in [-0.15, -0.1) is 0 Å². The van der Waals surface area contributed by atoms with Gasteiger partial charge in [-0.25, -0.2) is 0 Å². The fraction of sp³-hybridized carbons (Fsp3) is 0.211. The number of hydrogen-bond donors (Lipinski definition) is 1. The number of hydrogen-bond acceptors (Lipinski definition) is 3. The summed E-state index contributed by atoms with van der Waals surface area (Å²) in [5, 5.41) is 3.70. The van der Waals surface area contributed by atoms with Gasteiger partial charge in [-0.3, -0.25) is 14.4 Å². The zero-order chi connectivity index (χ0) is 18.8. The van der Waals surface area contributed by atoms with Crippen LogP contribution in [0.1, 0.15) is 5.56 Å². The van der Waals surface area contributed by atoms with Crippen molar-refractivity contribution in [1.29, 1.82) is 0 Å². The molecule has 0 radical (unpaired) electrons. The number of amides is 2. The smallest absolute Gasteiger partial charge is 0.290 e. The van der Waals surface area contributed by atoms with Crippen LogP contribution in [0.2, 0.25) is 10.0 Å². The van der Waals surface area contributed by atoms with E-state index in [0.29, 0.717) is 10.0 Å². The molecule has 0 saturated carbocycles. The minimum absolute atomic E-state index is 0.125. The van der Waals surface area contributed by atoms with Gasteiger partial charge in [0.2, 0.25) is 11.7 Å². The maximum Gasteiger partial charge on any atom is 0.290 e. The van der Waals surface area contributed by atoms with Crippen LogP contribution in [0.5, 0.6) is 0 Å². The Morgan fingerprint density at radius 2 is 1.73 bits per heavy atom. The lowest BCUT2D eigenvalue weighted by Crippen LogP contribution is -2.35. The lowest BCUT2D eigenvalue weighted by Gasteiger charge is -2.10. The van der Waals surface area contributed by atoms with Crippen molar-refractivity contribution in [1.82, 2.24) is 10.2 Å². The van der Waals surface area contributed by atoms with Crippen molar-refractivity contribution >= 4 is 40.8 Å². The summed E-state index contributed by atoms with van der Waals surface area (Å²) in [7, 11) is 1.51. The molecule has 2 amide bonds. The van der Waals surface area contributed by atoms with Crippen LogP contribution in [-0.4, -0.2) is 36.1 Å². The molecule has 1 N–H and O–H groups in total. The lowest BCUT2D eigenvalue weighted by atomic mass is 10.0. The summed E-state index contributed by atoms with van der Waals surface area (Å²) in [6.45, 7) is 0.405. The Morgan fingerprint density at radius 3 is 2.31 bits per heavy atom. The van der Waals surface area contributed by atoms with Crippen molar-refractivity contribution in [3.63, 3.8) is 0 Å². The highest BCUT2D eigenvalue weighted by Gasteiger charge is 2.41. The van der Waals surface area contributed by atoms with Crippen LogP contribution in [0, 0.1) is 5.92 Å². The number of benzene rings is 2. The summed E-state index contributed by atoms with van der Waals surface area (Å²) in [4.78, 5) is 36.6. The van der Waals surface area contributed by atoms with E-state index in [1.807, 2.05) is 30.3 Å². The first-order valence-electron chi connectivity index (χ1n) is 7.98. The maximum absolute atomic E-state index is 12.1. The molecule has 1 aliphatic heterocycles. The minimum atomic E-state index is -0.928. The second-order valence-electron chi connectivity index (χ2n) is 6.15. The number of carbonyl (C=O) groups excluding carboxylic acids is 3. The van der Waals surface area contributed by atoms with E-state index in [2.05, 4.69) is 5.32 Å². The molecule has 3 rings (SSSR count). The first-order valence-corrected chi connectivity index (χ1v) is 8.74. The molecular weight excluding hydrogens is 375 g/mol. The van der Waals surface area contributed by atoms with Crippen LogP contribution >= 0.6 is 23.2 Å². The highest BCUT2D eigenvalue weighted by Crippen LogP contribution is 2.28. The molecule has 2 aromatic rings. The molecule has 1 atom stereocenters. The SMILES string of the molecule is CN1CC(C(=O)NCc2ccc(-c3ccc(Cl)c(Cl)c3)cc2)C(=O)C1=O. The van der Waals surface area contributed by atoms with Crippen molar-refractivity contribution in [3.05, 3.63) is 58.1 Å². The Kier molecular flexibility index (Phi) is 5.30. The van der Waals surface area contributed by atoms with E-state index >= 15 is 0 Å². The fourth-order valence-corrected chi connectivity index (χ4v) is 3.08. The van der Waals surface area contributed by atoms with E-state index in [4.69, 9.17) is 23.2 Å². The molecule has 7 heteroatoms. The molecule has 1 fully saturated rings. The molecule has 26 heavy (non-hydrogen) atoms. The van der Waals surface area contributed by atoms with Gasteiger partial charge in [0, 0.05) is 20.1 Å². The summed E-state index contributed by atoms with van der Waals surface area (Å²) in [6, 6.07) is 13.0. The number of Topliss-reactive ketones (excluding diaryl/α,β-unsaturated/α-hetero) is 1. The molecule has 134 valence electrons. The summed E-state index contributed by atoms with van der Waals surface area (Å²) < 4.78 is 0. The Hall–Kier alpha value is -2.37. The third-order valence-corrected chi connectivity index (χ3v) is 5.06. The van der Waals surface area contributed by atoms with Gasteiger partial charge < -0.3 is 10.2 Å². The van der Waals surface area contributed by atoms with Gasteiger partial charge in [0.1, 0.15) is 5.92 Å². The highest BCUT2D eigenvalue weighted by molar-refractivity contribution is 6.42. The first-order chi connectivity index (χ1) is 12.4. The number of likely N-dealkylation sites (N-methyl/N-ethyl adjacent to an activating group) is 1. The third-order valence-electron chi connectivity index (χ3n) is 4.32. The molecular formula is C19H16Cl2N2O3. The van der Waals surface area contributed by atoms with Crippen LogP contribution in [-0.2, 0) is 20.9 Å². The summed E-state index contributed by atoms with van der Waals surface area (Å²) in [6.07, 6.45) is 0. The average Bonchev–Trinajstić information content (AvgIpc) is 2.90. The number of nitrogens with zero attached hydrogens (tertiary/aromatic N) is 1. The lowest BCUT2D eigenvalue weighted by molar-refractivity contribution is -0.142. The summed E-state index contributed by atoms with van der Waals surface area (Å²) in [5.74, 6) is -2.62. The zero-order valence-electron chi connectivity index (χ0n) is 14.0. The van der Waals surface area contributed by atoms with Crippen molar-refractivity contribution in [3.8, 4) is 11.1 Å². The first kappa shape index (κ1) is 18.4. The van der Waals surface area contributed by atoms with Crippen molar-refractivity contribution in [2.24, 2.45) is 5.92 Å². The van der Waals surface area contributed by atoms with Gasteiger partial charge >= 0.3 is 0 Å². The second kappa shape index (κ2) is 7.48. The topological polar surface area (TPSA) is 66.5 Å². The minimum Gasteiger partial charge on any atom is -0.351 e. The number of likely N-dealkylation sites (tertiary alicyclic amines) is 1. The number of halogens is 2. The predicted molar refractivity (Wildman–Crippen MR) is 99.9 cm³/mol. The van der Waals surface area contributed by atoms with Crippen LogP contribution in [0.25, 0.3) is 11.1 Å². The van der Waals surface area contributed by atoms with Crippen molar-refractivity contribution in [2.75, 3.05) is 13.6 Å². The van der Waals surface area contributed by atoms with E-state index in [-0.39, 0.29) is 13.1 Å². The average molecular weight is 391 g/mol. The van der Waals surface area contributed by atoms with E-state index < -0.39 is 23.5 Å². The molecule has 1 unspecified atom stereocenters. The number of carbonyl (C=O) groups is 3. The maximum atomic E-state index is 12.1. The van der Waals surface area contributed by atoms with Crippen LogP contribution in [0.15, 0.2) is 42.5 Å². The predicted octanol–water partition coefficient (Wildman–Crippen LogP) is 2.93. The molecule has 5 nitrogen and oxygen atoms in total. The van der Waals surface area contributed by atoms with E-state index in [9.17, 15) is 14.4 Å². The molecule has 0 bridgehead atoms. The standard InChI is InChI=1S/C19H16Cl2N2O3/c1-23-10-14(17(24)19(23)26)18(25)22-9-11-2-4-12(5-3-11)13-6-7-15(20)16(21)8-13/h2-8,14H,9-10H2,1H3,(H,22,25). The fourth-order valence-electron chi connectivity index (χ4n) is 2.78. The van der Waals surface area contributed by atoms with Gasteiger partial charge in [-0.05, 0) is 28.8 Å². The van der Waals surface area contributed by atoms with E-state index in [1.54, 1.807) is 12.1 Å². The number of ketones is 1. The Balaban J connectivity index is 1.63. The molecule has 1 saturated heterocycles. The van der Waals surface area contributed by atoms with Crippen molar-refractivity contribution in [2.45, 2.75) is 6.54 Å². The molecule has 0 aliphatic carbocycles. The third kappa shape index (κ3) is 3.74. The molecule has 0 spiro atoms. The van der Waals surface area contributed by atoms with Gasteiger partial charge in [0.15, 0.2) is 0 Å². The van der Waals surface area contributed by atoms with Gasteiger partial charge in [0.25, 0.3) is 5.91 Å². The largest absolute Gasteiger partial charge is 0.351 e. The monoisotopic (exact) mass is 390 g/mol. The summed E-state index contributed by atoms with van der Waals surface area (Å²) >= 11 is 12.0. The molecule has 1 aliphatic rings. The second-order valence-corrected chi connectivity index (χ2v) is 6.96. The van der Waals surface area contributed by atoms with E-state index in [1.165, 1.54) is 11.9 Å². The molecule has 1 heterocycles. The van der Waals surface area contributed by atoms with Crippen LogP contribution in [0.3, 0.4) is 0 Å². The quantitative estimate of drug-likeness (QED) is 0.644. The Bertz CT molecular complexity index is 881. The van der Waals surface area contributed by atoms with Gasteiger partial charge in [0.05, 0.1) is 10.0 Å². The number of nitrogens with one attached hydrogen (secondary N) is 1. The molecule has 0 aromatic heterocycles. The highest BCUT2D eigenvalue weighted by atomic mass is 35.5. The van der Waals surface area contributed by atoms with Crippen molar-refractivity contribution < 1.29 is 14.4 Å². The zero-order valence-corrected chi connectivity index (χ0v) is 15.5. The van der Waals surface area contributed by atoms with Crippen LogP contribution < -0.4 is 5.32 Å². The van der Waals surface area contributed by atoms with E-state index in [0.717, 1.165) is 16.7 Å². The normalized spacial score (nSPS) is 16.9. The van der Waals surface area contributed by atoms with Gasteiger partial charge in [-0.2, -0.15) is 0 Å².